The van der Waals surface area contributed by atoms with Crippen LogP contribution in [-0.2, 0) is 0 Å². The number of rotatable bonds is 2. The van der Waals surface area contributed by atoms with E-state index in [-0.39, 0.29) is 10.0 Å². The number of hydrogen-bond donors (Lipinski definition) is 1. The number of aromatic carboxylic acids is 1. The van der Waals surface area contributed by atoms with Crippen LogP contribution in [0.5, 0.6) is 0 Å². The second-order valence-corrected chi connectivity index (χ2v) is 4.38. The highest BCUT2D eigenvalue weighted by Gasteiger charge is 2.18. The van der Waals surface area contributed by atoms with Crippen molar-refractivity contribution in [3.05, 3.63) is 21.7 Å². The Kier molecular flexibility index (Phi) is 2.64. The van der Waals surface area contributed by atoms with Crippen molar-refractivity contribution in [3.63, 3.8) is 0 Å². The van der Waals surface area contributed by atoms with Gasteiger partial charge in [0.25, 0.3) is 0 Å². The highest BCUT2D eigenvalue weighted by Crippen LogP contribution is 2.25. The Morgan fingerprint density at radius 1 is 1.44 bits per heavy atom. The number of carboxylic acids is 1. The summed E-state index contributed by atoms with van der Waals surface area (Å²) in [6.45, 7) is 3.51. The summed E-state index contributed by atoms with van der Waals surface area (Å²) in [7, 11) is 0. The Bertz CT molecular complexity index is 562. The molecule has 0 unspecified atom stereocenters. The lowest BCUT2D eigenvalue weighted by Crippen LogP contribution is -1.98. The van der Waals surface area contributed by atoms with Crippen LogP contribution in [0.1, 0.15) is 21.3 Å². The summed E-state index contributed by atoms with van der Waals surface area (Å²) in [6, 6.07) is 0. The minimum absolute atomic E-state index is 0.00391. The van der Waals surface area contributed by atoms with E-state index in [9.17, 15) is 4.79 Å². The summed E-state index contributed by atoms with van der Waals surface area (Å²) in [4.78, 5) is 18.8. The van der Waals surface area contributed by atoms with Crippen LogP contribution in [0.4, 0.5) is 0 Å². The van der Waals surface area contributed by atoms with Crippen molar-refractivity contribution >= 4 is 28.9 Å². The lowest BCUT2D eigenvalue weighted by atomic mass is 10.6. The fraction of sp³-hybridized carbons (Fsp3) is 0.250. The first-order valence-electron chi connectivity index (χ1n) is 4.29. The molecule has 2 heterocycles. The molecule has 1 N–H and O–H groups in total. The molecule has 0 aromatic carbocycles. The Hall–Kier alpha value is -1.47. The van der Waals surface area contributed by atoms with Gasteiger partial charge in [0.1, 0.15) is 11.6 Å². The van der Waals surface area contributed by atoms with Gasteiger partial charge in [0.15, 0.2) is 10.0 Å². The van der Waals surface area contributed by atoms with Gasteiger partial charge >= 0.3 is 5.97 Å². The third kappa shape index (κ3) is 1.79. The normalized spacial score (nSPS) is 10.7. The van der Waals surface area contributed by atoms with E-state index < -0.39 is 5.97 Å². The van der Waals surface area contributed by atoms with E-state index in [4.69, 9.17) is 16.7 Å². The van der Waals surface area contributed by atoms with Crippen LogP contribution in [0.2, 0.25) is 5.15 Å². The van der Waals surface area contributed by atoms with Crippen LogP contribution < -0.4 is 0 Å². The number of carboxylic acid groups (broad SMARTS) is 1. The molecule has 0 aliphatic carbocycles. The molecule has 2 aromatic rings. The van der Waals surface area contributed by atoms with E-state index in [2.05, 4.69) is 15.1 Å². The van der Waals surface area contributed by atoms with E-state index in [1.807, 2.05) is 0 Å². The SMILES string of the molecule is Cc1nc(C)n(-c2nc(Cl)c(C(=O)O)s2)n1. The molecule has 84 valence electrons. The van der Waals surface area contributed by atoms with Gasteiger partial charge in [-0.1, -0.05) is 22.9 Å². The monoisotopic (exact) mass is 258 g/mol. The van der Waals surface area contributed by atoms with Gasteiger partial charge in [0.2, 0.25) is 5.13 Å². The summed E-state index contributed by atoms with van der Waals surface area (Å²) in [5.41, 5.74) is 0. The predicted octanol–water partition coefficient (Wildman–Crippen LogP) is 1.69. The molecule has 6 nitrogen and oxygen atoms in total. The van der Waals surface area contributed by atoms with E-state index in [0.29, 0.717) is 16.8 Å². The molecular weight excluding hydrogens is 252 g/mol. The second-order valence-electron chi connectivity index (χ2n) is 3.04. The smallest absolute Gasteiger partial charge is 0.349 e. The van der Waals surface area contributed by atoms with Gasteiger partial charge in [-0.25, -0.2) is 14.8 Å². The molecule has 0 saturated carbocycles. The fourth-order valence-corrected chi connectivity index (χ4v) is 2.34. The van der Waals surface area contributed by atoms with E-state index in [1.165, 1.54) is 4.68 Å². The number of hydrogen-bond acceptors (Lipinski definition) is 5. The summed E-state index contributed by atoms with van der Waals surface area (Å²) >= 11 is 6.67. The molecule has 0 atom stereocenters. The van der Waals surface area contributed by atoms with Gasteiger partial charge in [0, 0.05) is 0 Å². The molecule has 0 aliphatic rings. The zero-order valence-corrected chi connectivity index (χ0v) is 10.0. The number of nitrogens with zero attached hydrogens (tertiary/aromatic N) is 4. The topological polar surface area (TPSA) is 80.9 Å². The second kappa shape index (κ2) is 3.84. The molecule has 0 amide bonds. The molecule has 0 bridgehead atoms. The first-order valence-corrected chi connectivity index (χ1v) is 5.48. The third-order valence-corrected chi connectivity index (χ3v) is 3.23. The highest BCUT2D eigenvalue weighted by molar-refractivity contribution is 7.16. The van der Waals surface area contributed by atoms with E-state index in [0.717, 1.165) is 11.3 Å². The summed E-state index contributed by atoms with van der Waals surface area (Å²) in [6.07, 6.45) is 0. The van der Waals surface area contributed by atoms with Crippen LogP contribution in [0.15, 0.2) is 0 Å². The van der Waals surface area contributed by atoms with Crippen LogP contribution in [-0.4, -0.2) is 30.8 Å². The van der Waals surface area contributed by atoms with Gasteiger partial charge < -0.3 is 5.11 Å². The van der Waals surface area contributed by atoms with Gasteiger partial charge in [-0.15, -0.1) is 5.10 Å². The quantitative estimate of drug-likeness (QED) is 0.887. The van der Waals surface area contributed by atoms with Crippen LogP contribution >= 0.6 is 22.9 Å². The van der Waals surface area contributed by atoms with Crippen molar-refractivity contribution in [1.29, 1.82) is 0 Å². The maximum atomic E-state index is 10.8. The zero-order valence-electron chi connectivity index (χ0n) is 8.43. The molecular formula is C8H7ClN4O2S. The lowest BCUT2D eigenvalue weighted by Gasteiger charge is -1.94. The average molecular weight is 259 g/mol. The van der Waals surface area contributed by atoms with Crippen molar-refractivity contribution < 1.29 is 9.90 Å². The van der Waals surface area contributed by atoms with Crippen molar-refractivity contribution in [1.82, 2.24) is 19.7 Å². The van der Waals surface area contributed by atoms with Gasteiger partial charge in [-0.05, 0) is 13.8 Å². The molecule has 0 aliphatic heterocycles. The Balaban J connectivity index is 2.53. The molecule has 16 heavy (non-hydrogen) atoms. The number of aromatic nitrogens is 4. The summed E-state index contributed by atoms with van der Waals surface area (Å²) in [5.74, 6) is 0.142. The number of carbonyl (C=O) groups is 1. The molecule has 0 spiro atoms. The Morgan fingerprint density at radius 3 is 2.56 bits per heavy atom. The van der Waals surface area contributed by atoms with E-state index >= 15 is 0 Å². The molecule has 0 radical (unpaired) electrons. The maximum Gasteiger partial charge on any atom is 0.349 e. The Labute approximate surface area is 99.5 Å². The maximum absolute atomic E-state index is 10.8. The van der Waals surface area contributed by atoms with Gasteiger partial charge in [-0.3, -0.25) is 0 Å². The molecule has 8 heteroatoms. The predicted molar refractivity (Wildman–Crippen MR) is 58.5 cm³/mol. The minimum Gasteiger partial charge on any atom is -0.477 e. The van der Waals surface area contributed by atoms with Crippen molar-refractivity contribution in [2.24, 2.45) is 0 Å². The van der Waals surface area contributed by atoms with Gasteiger partial charge in [-0.2, -0.15) is 4.68 Å². The van der Waals surface area contributed by atoms with Crippen LogP contribution in [0.3, 0.4) is 0 Å². The fourth-order valence-electron chi connectivity index (χ4n) is 1.22. The number of aryl methyl sites for hydroxylation is 2. The highest BCUT2D eigenvalue weighted by atomic mass is 35.5. The van der Waals surface area contributed by atoms with Crippen molar-refractivity contribution in [3.8, 4) is 5.13 Å². The first-order chi connectivity index (χ1) is 7.49. The van der Waals surface area contributed by atoms with Crippen molar-refractivity contribution in [2.75, 3.05) is 0 Å². The number of thiazole rings is 1. The first kappa shape index (κ1) is 11.0. The third-order valence-electron chi connectivity index (χ3n) is 1.82. The van der Waals surface area contributed by atoms with E-state index in [1.54, 1.807) is 13.8 Å². The molecule has 2 rings (SSSR count). The van der Waals surface area contributed by atoms with Crippen molar-refractivity contribution in [2.45, 2.75) is 13.8 Å². The average Bonchev–Trinajstić information content (AvgIpc) is 2.69. The number of halogens is 1. The molecule has 0 fully saturated rings. The molecule has 2 aromatic heterocycles. The largest absolute Gasteiger partial charge is 0.477 e. The van der Waals surface area contributed by atoms with Crippen LogP contribution in [0.25, 0.3) is 5.13 Å². The summed E-state index contributed by atoms with van der Waals surface area (Å²) in [5, 5.41) is 13.3. The minimum atomic E-state index is -1.09. The lowest BCUT2D eigenvalue weighted by molar-refractivity contribution is 0.0702. The zero-order chi connectivity index (χ0) is 11.9. The Morgan fingerprint density at radius 2 is 2.12 bits per heavy atom. The molecule has 0 saturated heterocycles. The van der Waals surface area contributed by atoms with Crippen LogP contribution in [0, 0.1) is 13.8 Å². The standard InChI is InChI=1S/C8H7ClN4O2S/c1-3-10-4(2)13(12-3)8-11-6(9)5(16-8)7(14)15/h1-2H3,(H,14,15). The summed E-state index contributed by atoms with van der Waals surface area (Å²) < 4.78 is 1.47. The van der Waals surface area contributed by atoms with Gasteiger partial charge in [0.05, 0.1) is 0 Å².